The van der Waals surface area contributed by atoms with Crippen molar-refractivity contribution < 1.29 is 0 Å². The van der Waals surface area contributed by atoms with E-state index in [9.17, 15) is 0 Å². The number of rotatable bonds is 10. The molecule has 0 amide bonds. The first-order chi connectivity index (χ1) is 61.6. The fourth-order valence-electron chi connectivity index (χ4n) is 19.5. The summed E-state index contributed by atoms with van der Waals surface area (Å²) in [5.41, 5.74) is 29.9. The van der Waals surface area contributed by atoms with E-state index in [1.807, 2.05) is 18.6 Å². The maximum atomic E-state index is 5.00. The Hall–Kier alpha value is -16.8. The maximum Gasteiger partial charge on any atom is 0.0802 e. The summed E-state index contributed by atoms with van der Waals surface area (Å²) in [7, 11) is 0. The Morgan fingerprint density at radius 1 is 0.137 bits per heavy atom. The number of hydrogen-bond donors (Lipinski definition) is 0. The lowest BCUT2D eigenvalue weighted by molar-refractivity contribution is 1.17. The molecule has 0 atom stereocenters. The predicted molar refractivity (Wildman–Crippen MR) is 518 cm³/mol. The highest BCUT2D eigenvalue weighted by atomic mass is 15.0. The molecule has 0 unspecified atom stereocenters. The van der Waals surface area contributed by atoms with Crippen LogP contribution in [0.15, 0.2) is 455 Å². The van der Waals surface area contributed by atoms with Gasteiger partial charge in [-0.2, -0.15) is 0 Å². The molecule has 0 fully saturated rings. The van der Waals surface area contributed by atoms with Crippen LogP contribution in [0.25, 0.3) is 221 Å². The number of hydrogen-bond acceptors (Lipinski definition) is 3. The number of benzene rings is 17. The minimum Gasteiger partial charge on any atom is -0.309 e. The minimum atomic E-state index is 0.999. The number of pyridine rings is 3. The number of aromatic nitrogens is 9. The molecule has 26 rings (SSSR count). The second-order valence-corrected chi connectivity index (χ2v) is 31.8. The van der Waals surface area contributed by atoms with Gasteiger partial charge in [0.2, 0.25) is 0 Å². The first kappa shape index (κ1) is 71.4. The molecular formula is C115H75N9. The molecule has 0 radical (unpaired) electrons. The van der Waals surface area contributed by atoms with Gasteiger partial charge in [0.1, 0.15) is 0 Å². The second-order valence-electron chi connectivity index (χ2n) is 31.8. The molecule has 0 aliphatic rings. The topological polar surface area (TPSA) is 68.2 Å². The van der Waals surface area contributed by atoms with Crippen LogP contribution in [0.4, 0.5) is 0 Å². The molecule has 124 heavy (non-hydrogen) atoms. The summed E-state index contributed by atoms with van der Waals surface area (Å²) in [5, 5.41) is 17.0. The summed E-state index contributed by atoms with van der Waals surface area (Å²) in [4.78, 5) is 15.0. The Bertz CT molecular complexity index is 8650. The highest BCUT2D eigenvalue weighted by molar-refractivity contribution is 6.20. The Labute approximate surface area is 713 Å². The SMILES string of the molecule is c1ccc(-c2ccc(-n3c4ccccc4c4cc(-c5nccc6c5c5ccccc5n6-c5ccccc5)ccc43)cc2)cc1.c1ccc(-n2c3ccccc3c3c(-c4ccc5c(c4)c4ccccc4n5-c4ccc5ccccc5c4)nccc32)cc1.c1ccc(-n2c3ccccc3c3cc(-c4nccc5c4c4ccccc4n5-c4ccccc4)ccc32)cc1. The van der Waals surface area contributed by atoms with Gasteiger partial charge in [-0.1, -0.05) is 273 Å². The van der Waals surface area contributed by atoms with E-state index in [0.717, 1.165) is 78.8 Å². The molecule has 0 spiro atoms. The quantitative estimate of drug-likeness (QED) is 0.137. The van der Waals surface area contributed by atoms with Crippen molar-refractivity contribution in [1.82, 2.24) is 42.4 Å². The molecule has 0 bridgehead atoms. The third-order valence-electron chi connectivity index (χ3n) is 24.9. The zero-order valence-electron chi connectivity index (χ0n) is 67.3. The summed E-state index contributed by atoms with van der Waals surface area (Å²) >= 11 is 0. The first-order valence-electron chi connectivity index (χ1n) is 42.2. The van der Waals surface area contributed by atoms with Gasteiger partial charge in [0.25, 0.3) is 0 Å². The summed E-state index contributed by atoms with van der Waals surface area (Å²) in [6, 6.07) is 156. The van der Waals surface area contributed by atoms with Crippen LogP contribution in [0.3, 0.4) is 0 Å². The highest BCUT2D eigenvalue weighted by Crippen LogP contribution is 2.46. The Morgan fingerprint density at radius 3 is 0.734 bits per heavy atom. The van der Waals surface area contributed by atoms with E-state index in [-0.39, 0.29) is 0 Å². The highest BCUT2D eigenvalue weighted by Gasteiger charge is 2.25. The molecule has 17 aromatic carbocycles. The molecule has 0 saturated carbocycles. The van der Waals surface area contributed by atoms with E-state index in [4.69, 9.17) is 15.0 Å². The van der Waals surface area contributed by atoms with Crippen LogP contribution in [0.2, 0.25) is 0 Å². The Kier molecular flexibility index (Phi) is 17.1. The van der Waals surface area contributed by atoms with Gasteiger partial charge < -0.3 is 27.4 Å². The van der Waals surface area contributed by atoms with E-state index in [1.165, 1.54) is 142 Å². The maximum absolute atomic E-state index is 5.00. The van der Waals surface area contributed by atoms with Crippen molar-refractivity contribution in [3.8, 4) is 79.0 Å². The second kappa shape index (κ2) is 29.6. The minimum absolute atomic E-state index is 0.999. The van der Waals surface area contributed by atoms with Crippen molar-refractivity contribution in [2.24, 2.45) is 0 Å². The van der Waals surface area contributed by atoms with Crippen molar-refractivity contribution >= 4 is 142 Å². The van der Waals surface area contributed by atoms with Gasteiger partial charge in [-0.25, -0.2) is 0 Å². The van der Waals surface area contributed by atoms with Crippen molar-refractivity contribution in [2.45, 2.75) is 0 Å². The molecule has 0 N–H and O–H groups in total. The number of para-hydroxylation sites is 10. The van der Waals surface area contributed by atoms with Crippen molar-refractivity contribution in [3.05, 3.63) is 455 Å². The molecule has 26 aromatic rings. The molecule has 9 heteroatoms. The van der Waals surface area contributed by atoms with Crippen LogP contribution >= 0.6 is 0 Å². The van der Waals surface area contributed by atoms with Crippen LogP contribution in [-0.2, 0) is 0 Å². The third-order valence-corrected chi connectivity index (χ3v) is 24.9. The lowest BCUT2D eigenvalue weighted by Gasteiger charge is -2.10. The summed E-state index contributed by atoms with van der Waals surface area (Å²) in [6.07, 6.45) is 5.82. The number of fused-ring (bicyclic) bond motifs is 19. The Morgan fingerprint density at radius 2 is 0.379 bits per heavy atom. The van der Waals surface area contributed by atoms with E-state index in [1.54, 1.807) is 0 Å². The zero-order chi connectivity index (χ0) is 81.7. The lowest BCUT2D eigenvalue weighted by Crippen LogP contribution is -1.94. The van der Waals surface area contributed by atoms with Crippen LogP contribution in [-0.4, -0.2) is 42.4 Å². The molecular weight excluding hydrogens is 1510 g/mol. The molecule has 9 aromatic heterocycles. The van der Waals surface area contributed by atoms with Gasteiger partial charge in [-0.3, -0.25) is 15.0 Å². The average Bonchev–Trinajstić information content (AvgIpc) is 1.58. The van der Waals surface area contributed by atoms with E-state index >= 15 is 0 Å². The van der Waals surface area contributed by atoms with Crippen molar-refractivity contribution in [3.63, 3.8) is 0 Å². The van der Waals surface area contributed by atoms with E-state index in [0.29, 0.717) is 0 Å². The smallest absolute Gasteiger partial charge is 0.0802 e. The van der Waals surface area contributed by atoms with Crippen molar-refractivity contribution in [2.75, 3.05) is 0 Å². The lowest BCUT2D eigenvalue weighted by atomic mass is 10.0. The molecule has 9 nitrogen and oxygen atoms in total. The van der Waals surface area contributed by atoms with Gasteiger partial charge >= 0.3 is 0 Å². The van der Waals surface area contributed by atoms with Gasteiger partial charge in [0, 0.05) is 134 Å². The molecule has 0 aliphatic heterocycles. The van der Waals surface area contributed by atoms with Crippen LogP contribution in [0, 0.1) is 0 Å². The molecule has 0 aliphatic carbocycles. The van der Waals surface area contributed by atoms with Gasteiger partial charge in [0.05, 0.1) is 83.3 Å². The molecule has 9 heterocycles. The van der Waals surface area contributed by atoms with Crippen LogP contribution < -0.4 is 0 Å². The monoisotopic (exact) mass is 1580 g/mol. The Balaban J connectivity index is 0.000000105. The normalized spacial score (nSPS) is 11.7. The van der Waals surface area contributed by atoms with Gasteiger partial charge in [-0.05, 0) is 186 Å². The summed E-state index contributed by atoms with van der Waals surface area (Å²) < 4.78 is 14.1. The third kappa shape index (κ3) is 11.7. The van der Waals surface area contributed by atoms with E-state index in [2.05, 4.69) is 464 Å². The van der Waals surface area contributed by atoms with Gasteiger partial charge in [-0.15, -0.1) is 0 Å². The fourth-order valence-corrected chi connectivity index (χ4v) is 19.5. The van der Waals surface area contributed by atoms with Crippen molar-refractivity contribution in [1.29, 1.82) is 0 Å². The summed E-state index contributed by atoms with van der Waals surface area (Å²) in [5.74, 6) is 0. The van der Waals surface area contributed by atoms with E-state index < -0.39 is 0 Å². The zero-order valence-corrected chi connectivity index (χ0v) is 67.3. The predicted octanol–water partition coefficient (Wildman–Crippen LogP) is 29.6. The molecule has 580 valence electrons. The largest absolute Gasteiger partial charge is 0.309 e. The standard InChI is InChI=1S/C41H27N3.C39H25N3.C35H23N3/c1-3-11-28(12-4-1)29-19-22-32(23-20-29)43-36-17-9-7-15-33(36)35-27-30(21-24-38(35)43)41-40-34-16-8-10-18-37(34)44(39(40)25-26-42-41)31-13-5-2-6-14-31;1-2-12-29(13-3-1)41-35-17-9-7-15-32(35)38-37(41)22-23-40-39(38)28-19-21-36-33(25-28)31-14-6-8-16-34(31)42(36)30-20-18-26-10-4-5-11-27(26)24-30;1-3-11-25(12-4-1)37-30-17-9-7-15-27(30)29-23-24(19-20-32(29)37)35-34-28-16-8-10-18-31(28)38(33(34)21-22-36-35)26-13-5-2-6-14-26/h1-27H;1-25H;1-23H. The first-order valence-corrected chi connectivity index (χ1v) is 42.2. The average molecular weight is 1580 g/mol. The molecule has 0 saturated heterocycles. The number of nitrogens with zero attached hydrogens (tertiary/aromatic N) is 9. The van der Waals surface area contributed by atoms with Crippen LogP contribution in [0.5, 0.6) is 0 Å². The fraction of sp³-hybridized carbons (Fsp3) is 0. The van der Waals surface area contributed by atoms with Gasteiger partial charge in [0.15, 0.2) is 0 Å². The summed E-state index contributed by atoms with van der Waals surface area (Å²) in [6.45, 7) is 0. The van der Waals surface area contributed by atoms with Crippen LogP contribution in [0.1, 0.15) is 0 Å².